The lowest BCUT2D eigenvalue weighted by Crippen LogP contribution is -2.29. The van der Waals surface area contributed by atoms with Gasteiger partial charge in [-0.25, -0.2) is 4.57 Å². The molecule has 0 fully saturated rings. The van der Waals surface area contributed by atoms with Crippen LogP contribution in [0.25, 0.3) is 0 Å². The minimum atomic E-state index is -4.41. The molecule has 10 heteroatoms. The average Bonchev–Trinajstić information content (AvgIpc) is 3.40. The highest BCUT2D eigenvalue weighted by Crippen LogP contribution is 2.43. The lowest BCUT2D eigenvalue weighted by atomic mass is 10.0. The molecule has 426 valence electrons. The molecule has 0 heterocycles. The minimum Gasteiger partial charge on any atom is -0.462 e. The highest BCUT2D eigenvalue weighted by atomic mass is 31.2. The van der Waals surface area contributed by atoms with E-state index in [4.69, 9.17) is 24.3 Å². The molecule has 0 aromatic carbocycles. The van der Waals surface area contributed by atoms with Gasteiger partial charge < -0.3 is 20.1 Å². The van der Waals surface area contributed by atoms with Crippen LogP contribution in [0.2, 0.25) is 0 Å². The van der Waals surface area contributed by atoms with Gasteiger partial charge in [-0.3, -0.25) is 18.6 Å². The third kappa shape index (κ3) is 59.3. The topological polar surface area (TPSA) is 134 Å². The summed E-state index contributed by atoms with van der Waals surface area (Å²) in [5.41, 5.74) is 5.37. The van der Waals surface area contributed by atoms with Crippen LogP contribution in [0.15, 0.2) is 134 Å². The van der Waals surface area contributed by atoms with Gasteiger partial charge in [-0.2, -0.15) is 0 Å². The van der Waals surface area contributed by atoms with Gasteiger partial charge in [0.1, 0.15) is 6.61 Å². The van der Waals surface area contributed by atoms with E-state index in [1.807, 2.05) is 6.08 Å². The van der Waals surface area contributed by atoms with Gasteiger partial charge in [-0.05, 0) is 103 Å². The van der Waals surface area contributed by atoms with Crippen LogP contribution in [-0.4, -0.2) is 49.3 Å². The van der Waals surface area contributed by atoms with Gasteiger partial charge in [0.05, 0.1) is 13.2 Å². The molecular formula is C65H108NO8P. The molecular weight excluding hydrogens is 954 g/mol. The second kappa shape index (κ2) is 59.4. The highest BCUT2D eigenvalue weighted by molar-refractivity contribution is 7.47. The molecule has 0 aliphatic rings. The van der Waals surface area contributed by atoms with Crippen LogP contribution in [0.5, 0.6) is 0 Å². The summed E-state index contributed by atoms with van der Waals surface area (Å²) in [6, 6.07) is 0. The number of esters is 2. The zero-order valence-electron chi connectivity index (χ0n) is 47.5. The van der Waals surface area contributed by atoms with Crippen LogP contribution in [0.3, 0.4) is 0 Å². The summed E-state index contributed by atoms with van der Waals surface area (Å²) in [5, 5.41) is 0. The van der Waals surface area contributed by atoms with Gasteiger partial charge >= 0.3 is 19.8 Å². The largest absolute Gasteiger partial charge is 0.472 e. The Morgan fingerprint density at radius 3 is 1.07 bits per heavy atom. The van der Waals surface area contributed by atoms with Crippen LogP contribution in [-0.2, 0) is 32.7 Å². The van der Waals surface area contributed by atoms with E-state index in [0.717, 1.165) is 96.3 Å². The number of unbranched alkanes of at least 4 members (excludes halogenated alkanes) is 19. The maximum atomic E-state index is 12.7. The van der Waals surface area contributed by atoms with Crippen molar-refractivity contribution in [1.82, 2.24) is 0 Å². The number of nitrogens with two attached hydrogens (primary N) is 1. The van der Waals surface area contributed by atoms with Crippen molar-refractivity contribution in [1.29, 1.82) is 0 Å². The Labute approximate surface area is 459 Å². The molecule has 0 radical (unpaired) electrons. The van der Waals surface area contributed by atoms with Crippen molar-refractivity contribution in [3.8, 4) is 0 Å². The standard InChI is InChI=1S/C65H108NO8P/c1-3-5-7-9-11-13-15-17-19-21-22-23-24-25-26-27-28-29-30-31-32-33-34-35-36-37-38-39-40-42-44-46-48-50-52-54-56-58-65(68)74-63(62-73-75(69,70)72-60-59-66)61-71-64(67)57-55-53-51-49-47-45-43-41-20-18-16-14-12-10-8-6-4-2/h5-8,11-14,17-20,22-23,25-26,28-29,43,45,49,51,63H,3-4,9-10,15-16,21,24,27,30-42,44,46-48,50,52-62,66H2,1-2H3,(H,69,70)/b7-5-,8-6-,13-11-,14-12-,19-17-,20-18-,23-22-,26-25-,29-28-,45-43-,51-49-. The fraction of sp³-hybridized carbons (Fsp3) is 0.631. The summed E-state index contributed by atoms with van der Waals surface area (Å²) in [6.45, 7) is 3.44. The van der Waals surface area contributed by atoms with Crippen LogP contribution in [0.1, 0.15) is 232 Å². The first kappa shape index (κ1) is 71.2. The number of allylic oxidation sites excluding steroid dienone is 22. The zero-order chi connectivity index (χ0) is 54.5. The molecule has 0 bridgehead atoms. The second-order valence-electron chi connectivity index (χ2n) is 19.1. The first-order chi connectivity index (χ1) is 36.8. The third-order valence-electron chi connectivity index (χ3n) is 12.0. The van der Waals surface area contributed by atoms with E-state index < -0.39 is 32.5 Å². The van der Waals surface area contributed by atoms with Crippen molar-refractivity contribution in [3.05, 3.63) is 134 Å². The number of phosphoric acid groups is 1. The number of carbonyl (C=O) groups is 2. The number of ether oxygens (including phenoxy) is 2. The van der Waals surface area contributed by atoms with E-state index in [9.17, 15) is 19.0 Å². The monoisotopic (exact) mass is 1060 g/mol. The molecule has 0 rings (SSSR count). The van der Waals surface area contributed by atoms with Gasteiger partial charge in [-0.15, -0.1) is 0 Å². The summed E-state index contributed by atoms with van der Waals surface area (Å²) < 4.78 is 32.9. The molecule has 75 heavy (non-hydrogen) atoms. The fourth-order valence-electron chi connectivity index (χ4n) is 7.73. The Hall–Kier alpha value is -3.85. The van der Waals surface area contributed by atoms with Gasteiger partial charge in [0, 0.05) is 19.4 Å². The number of carbonyl (C=O) groups excluding carboxylic acids is 2. The van der Waals surface area contributed by atoms with Crippen molar-refractivity contribution < 1.29 is 37.6 Å². The minimum absolute atomic E-state index is 0.0406. The van der Waals surface area contributed by atoms with Crippen LogP contribution < -0.4 is 5.73 Å². The lowest BCUT2D eigenvalue weighted by Gasteiger charge is -2.19. The predicted molar refractivity (Wildman–Crippen MR) is 320 cm³/mol. The lowest BCUT2D eigenvalue weighted by molar-refractivity contribution is -0.161. The predicted octanol–water partition coefficient (Wildman–Crippen LogP) is 19.0. The molecule has 0 aliphatic heterocycles. The van der Waals surface area contributed by atoms with Gasteiger partial charge in [-0.1, -0.05) is 250 Å². The quantitative estimate of drug-likeness (QED) is 0.0264. The van der Waals surface area contributed by atoms with Crippen molar-refractivity contribution in [2.24, 2.45) is 5.73 Å². The van der Waals surface area contributed by atoms with Gasteiger partial charge in [0.25, 0.3) is 0 Å². The SMILES string of the molecule is CC/C=C\C/C=C\C/C=C\C/C=C\C/C=C\C/C=C\CCCCCCCCCCCCCCCCCCCCC(=O)OC(COC(=O)CCC/C=C\C/C=C\C/C=C\C/C=C\C/C=C\CC)COP(=O)(O)OCCN. The summed E-state index contributed by atoms with van der Waals surface area (Å²) in [6.07, 6.45) is 83.9. The first-order valence-electron chi connectivity index (χ1n) is 29.7. The fourth-order valence-corrected chi connectivity index (χ4v) is 8.50. The van der Waals surface area contributed by atoms with E-state index in [2.05, 4.69) is 141 Å². The molecule has 0 saturated heterocycles. The molecule has 0 aliphatic carbocycles. The Bertz CT molecular complexity index is 1680. The van der Waals surface area contributed by atoms with Crippen molar-refractivity contribution in [3.63, 3.8) is 0 Å². The molecule has 0 spiro atoms. The molecule has 3 N–H and O–H groups in total. The smallest absolute Gasteiger partial charge is 0.462 e. The number of hydrogen-bond donors (Lipinski definition) is 2. The van der Waals surface area contributed by atoms with Crippen molar-refractivity contribution >= 4 is 19.8 Å². The normalized spacial score (nSPS) is 14.0. The zero-order valence-corrected chi connectivity index (χ0v) is 48.4. The molecule has 2 atom stereocenters. The van der Waals surface area contributed by atoms with E-state index in [1.165, 1.54) is 96.3 Å². The number of hydrogen-bond acceptors (Lipinski definition) is 8. The summed E-state index contributed by atoms with van der Waals surface area (Å²) in [7, 11) is -4.41. The van der Waals surface area contributed by atoms with Crippen molar-refractivity contribution in [2.75, 3.05) is 26.4 Å². The Morgan fingerprint density at radius 2 is 0.707 bits per heavy atom. The second-order valence-corrected chi connectivity index (χ2v) is 20.6. The Balaban J connectivity index is 3.93. The summed E-state index contributed by atoms with van der Waals surface area (Å²) >= 11 is 0. The van der Waals surface area contributed by atoms with E-state index in [1.54, 1.807) is 0 Å². The Morgan fingerprint density at radius 1 is 0.400 bits per heavy atom. The van der Waals surface area contributed by atoms with Gasteiger partial charge in [0.2, 0.25) is 0 Å². The third-order valence-corrected chi connectivity index (χ3v) is 13.0. The molecule has 0 amide bonds. The maximum Gasteiger partial charge on any atom is 0.472 e. The average molecular weight is 1060 g/mol. The molecule has 0 aromatic rings. The number of rotatable bonds is 54. The Kier molecular flexibility index (Phi) is 56.3. The van der Waals surface area contributed by atoms with Crippen LogP contribution in [0.4, 0.5) is 0 Å². The molecule has 0 saturated carbocycles. The van der Waals surface area contributed by atoms with E-state index >= 15 is 0 Å². The number of phosphoric ester groups is 1. The summed E-state index contributed by atoms with van der Waals surface area (Å²) in [5.74, 6) is -0.900. The summed E-state index contributed by atoms with van der Waals surface area (Å²) in [4.78, 5) is 35.1. The van der Waals surface area contributed by atoms with Gasteiger partial charge in [0.15, 0.2) is 6.10 Å². The molecule has 2 unspecified atom stereocenters. The van der Waals surface area contributed by atoms with Crippen molar-refractivity contribution in [2.45, 2.75) is 238 Å². The van der Waals surface area contributed by atoms with E-state index in [-0.39, 0.29) is 32.6 Å². The molecule has 9 nitrogen and oxygen atoms in total. The highest BCUT2D eigenvalue weighted by Gasteiger charge is 2.26. The maximum absolute atomic E-state index is 12.7. The first-order valence-corrected chi connectivity index (χ1v) is 31.2. The molecule has 0 aromatic heterocycles. The van der Waals surface area contributed by atoms with Crippen LogP contribution in [0, 0.1) is 0 Å². The van der Waals surface area contributed by atoms with Crippen LogP contribution >= 0.6 is 7.82 Å². The van der Waals surface area contributed by atoms with E-state index in [0.29, 0.717) is 12.8 Å².